The lowest BCUT2D eigenvalue weighted by Crippen LogP contribution is -2.23. The highest BCUT2D eigenvalue weighted by Gasteiger charge is 2.05. The number of benzene rings is 1. The highest BCUT2D eigenvalue weighted by atomic mass is 32.2. The number of hydrogen-bond acceptors (Lipinski definition) is 6. The van der Waals surface area contributed by atoms with Crippen LogP contribution < -0.4 is 0 Å². The maximum atomic E-state index is 10.5. The van der Waals surface area contributed by atoms with Gasteiger partial charge in [0.2, 0.25) is 0 Å². The average Bonchev–Trinajstić information content (AvgIpc) is 3.17. The van der Waals surface area contributed by atoms with Crippen LogP contribution in [-0.2, 0) is 14.3 Å². The zero-order chi connectivity index (χ0) is 21.5. The zero-order valence-corrected chi connectivity index (χ0v) is 18.5. The van der Waals surface area contributed by atoms with Gasteiger partial charge in [0.25, 0.3) is 10.1 Å². The lowest BCUT2D eigenvalue weighted by Gasteiger charge is -2.17. The Morgan fingerprint density at radius 1 is 1.17 bits per heavy atom. The van der Waals surface area contributed by atoms with E-state index in [0.29, 0.717) is 0 Å². The van der Waals surface area contributed by atoms with Gasteiger partial charge in [-0.1, -0.05) is 43.7 Å². The van der Waals surface area contributed by atoms with E-state index in [0.717, 1.165) is 12.2 Å². The summed E-state index contributed by atoms with van der Waals surface area (Å²) in [6.07, 6.45) is 10.1. The summed E-state index contributed by atoms with van der Waals surface area (Å²) in [5.74, 6) is 0.0147. The van der Waals surface area contributed by atoms with Crippen molar-refractivity contribution in [1.29, 1.82) is 0 Å². The van der Waals surface area contributed by atoms with E-state index in [4.69, 9.17) is 0 Å². The van der Waals surface area contributed by atoms with E-state index in [1.54, 1.807) is 0 Å². The Morgan fingerprint density at radius 3 is 2.48 bits per heavy atom. The molecule has 0 bridgehead atoms. The van der Waals surface area contributed by atoms with Crippen molar-refractivity contribution in [2.24, 2.45) is 0 Å². The van der Waals surface area contributed by atoms with Crippen molar-refractivity contribution in [3.05, 3.63) is 67.6 Å². The minimum atomic E-state index is -3.25. The number of aromatic nitrogens is 1. The first-order valence-electron chi connectivity index (χ1n) is 9.82. The van der Waals surface area contributed by atoms with Crippen LogP contribution in [0.1, 0.15) is 26.7 Å². The summed E-state index contributed by atoms with van der Waals surface area (Å²) < 4.78 is 25.4. The van der Waals surface area contributed by atoms with Crippen LogP contribution in [0.25, 0.3) is 10.9 Å². The molecule has 0 saturated heterocycles. The van der Waals surface area contributed by atoms with E-state index in [1.807, 2.05) is 30.5 Å². The monoisotopic (exact) mass is 419 g/mol. The molecular formula is C22H33N3O3S. The predicted octanol–water partition coefficient (Wildman–Crippen LogP) is 4.24. The highest BCUT2D eigenvalue weighted by Crippen LogP contribution is 2.08. The summed E-state index contributed by atoms with van der Waals surface area (Å²) in [6.45, 7) is 9.40. The summed E-state index contributed by atoms with van der Waals surface area (Å²) in [5.41, 5.74) is 1.06. The summed E-state index contributed by atoms with van der Waals surface area (Å²) in [4.78, 5) is 8.71. The van der Waals surface area contributed by atoms with Crippen molar-refractivity contribution in [1.82, 2.24) is 14.8 Å². The Labute approximate surface area is 175 Å². The van der Waals surface area contributed by atoms with Gasteiger partial charge in [-0.05, 0) is 25.5 Å². The molecule has 1 aliphatic heterocycles. The molecule has 3 rings (SSSR count). The van der Waals surface area contributed by atoms with Gasteiger partial charge in [0.05, 0.1) is 24.5 Å². The number of rotatable bonds is 7. The third-order valence-corrected chi connectivity index (χ3v) is 5.17. The van der Waals surface area contributed by atoms with Crippen LogP contribution in [0.15, 0.2) is 67.6 Å². The number of fused-ring (bicyclic) bond motifs is 1. The van der Waals surface area contributed by atoms with Gasteiger partial charge in [-0.25, -0.2) is 0 Å². The molecule has 0 unspecified atom stereocenters. The Bertz CT molecular complexity index is 788. The third kappa shape index (κ3) is 10.7. The molecule has 0 aliphatic carbocycles. The first kappa shape index (κ1) is 24.7. The van der Waals surface area contributed by atoms with Gasteiger partial charge in [0, 0.05) is 37.6 Å². The molecule has 1 aromatic heterocycles. The van der Waals surface area contributed by atoms with Crippen LogP contribution in [0.5, 0.6) is 0 Å². The Balaban J connectivity index is 0.000000218. The second-order valence-electron chi connectivity index (χ2n) is 6.48. The summed E-state index contributed by atoms with van der Waals surface area (Å²) >= 11 is 0. The topological polar surface area (TPSA) is 62.7 Å². The normalized spacial score (nSPS) is 12.8. The predicted molar refractivity (Wildman–Crippen MR) is 121 cm³/mol. The minimum absolute atomic E-state index is 0.0147. The second kappa shape index (κ2) is 13.7. The lowest BCUT2D eigenvalue weighted by atomic mass is 10.2. The molecule has 2 aromatic rings. The lowest BCUT2D eigenvalue weighted by molar-refractivity contribution is 0.293. The Morgan fingerprint density at radius 2 is 1.90 bits per heavy atom. The Hall–Kier alpha value is -2.38. The van der Waals surface area contributed by atoms with E-state index < -0.39 is 10.1 Å². The summed E-state index contributed by atoms with van der Waals surface area (Å²) in [5, 5.41) is 1.20. The summed E-state index contributed by atoms with van der Waals surface area (Å²) in [6, 6.07) is 12.1. The number of pyridine rings is 1. The van der Waals surface area contributed by atoms with E-state index in [-0.39, 0.29) is 12.4 Å². The molecule has 0 saturated carbocycles. The van der Waals surface area contributed by atoms with E-state index >= 15 is 0 Å². The molecular weight excluding hydrogens is 386 g/mol. The average molecular weight is 420 g/mol. The van der Waals surface area contributed by atoms with Crippen molar-refractivity contribution in [3.63, 3.8) is 0 Å². The molecule has 1 aromatic carbocycles. The van der Waals surface area contributed by atoms with Gasteiger partial charge in [-0.2, -0.15) is 8.42 Å². The quantitative estimate of drug-likeness (QED) is 0.494. The molecule has 7 heteroatoms. The molecule has 0 radical (unpaired) electrons. The minimum Gasteiger partial charge on any atom is -0.362 e. The maximum absolute atomic E-state index is 10.5. The molecule has 29 heavy (non-hydrogen) atoms. The van der Waals surface area contributed by atoms with E-state index in [1.165, 1.54) is 37.8 Å². The molecule has 0 fully saturated rings. The van der Waals surface area contributed by atoms with Crippen LogP contribution in [0, 0.1) is 0 Å². The van der Waals surface area contributed by atoms with E-state index in [9.17, 15) is 8.42 Å². The number of hydrogen-bond donors (Lipinski definition) is 0. The zero-order valence-electron chi connectivity index (χ0n) is 17.7. The first-order valence-corrected chi connectivity index (χ1v) is 11.4. The van der Waals surface area contributed by atoms with Crippen LogP contribution in [-0.4, -0.2) is 55.8 Å². The number of nitrogens with zero attached hydrogens (tertiary/aromatic N) is 3. The van der Waals surface area contributed by atoms with E-state index in [2.05, 4.69) is 64.0 Å². The van der Waals surface area contributed by atoms with Gasteiger partial charge in [0.1, 0.15) is 0 Å². The molecule has 6 nitrogen and oxygen atoms in total. The van der Waals surface area contributed by atoms with Crippen molar-refractivity contribution in [2.45, 2.75) is 26.7 Å². The molecule has 0 atom stereocenters. The largest absolute Gasteiger partial charge is 0.362 e. The van der Waals surface area contributed by atoms with Gasteiger partial charge in [-0.15, -0.1) is 6.58 Å². The maximum Gasteiger partial charge on any atom is 0.267 e. The number of unbranched alkanes of at least 4 members (excludes halogenated alkanes) is 1. The van der Waals surface area contributed by atoms with Gasteiger partial charge in [0.15, 0.2) is 0 Å². The fraction of sp³-hybridized carbons (Fsp3) is 0.409. The second-order valence-corrected chi connectivity index (χ2v) is 8.41. The van der Waals surface area contributed by atoms with Crippen molar-refractivity contribution >= 4 is 21.0 Å². The molecule has 0 amide bonds. The fourth-order valence-corrected chi connectivity index (χ4v) is 2.82. The molecule has 1 aliphatic rings. The molecule has 0 spiro atoms. The van der Waals surface area contributed by atoms with Gasteiger partial charge >= 0.3 is 0 Å². The van der Waals surface area contributed by atoms with Crippen LogP contribution in [0.3, 0.4) is 0 Å². The molecule has 160 valence electrons. The fourth-order valence-electron chi connectivity index (χ4n) is 2.35. The van der Waals surface area contributed by atoms with Crippen LogP contribution >= 0.6 is 0 Å². The SMILES string of the molecule is C=CCOS(=O)(=O)CC.CCCCN1C=CN(C)C1.c1ccc2ncccc2c1. The Kier molecular flexibility index (Phi) is 11.7. The molecule has 2 heterocycles. The van der Waals surface area contributed by atoms with Crippen molar-refractivity contribution in [2.75, 3.05) is 32.6 Å². The number of para-hydroxylation sites is 1. The van der Waals surface area contributed by atoms with Gasteiger partial charge in [-0.3, -0.25) is 9.17 Å². The standard InChI is InChI=1S/C9H7N.C8H16N2.C5H10O3S/c1-2-6-9-8(4-1)5-3-7-10-9;1-3-4-5-10-7-6-9(2)8-10;1-3-5-8-9(6,7)4-2/h1-7H;6-7H,3-5,8H2,1-2H3;3H,1,4-5H2,2H3. The molecule has 0 N–H and O–H groups in total. The summed E-state index contributed by atoms with van der Waals surface area (Å²) in [7, 11) is -1.15. The highest BCUT2D eigenvalue weighted by molar-refractivity contribution is 7.86. The van der Waals surface area contributed by atoms with Crippen LogP contribution in [0.2, 0.25) is 0 Å². The van der Waals surface area contributed by atoms with Crippen LogP contribution in [0.4, 0.5) is 0 Å². The van der Waals surface area contributed by atoms with Crippen molar-refractivity contribution < 1.29 is 12.6 Å². The smallest absolute Gasteiger partial charge is 0.267 e. The van der Waals surface area contributed by atoms with Gasteiger partial charge < -0.3 is 9.80 Å². The third-order valence-electron chi connectivity index (χ3n) is 3.97. The van der Waals surface area contributed by atoms with Crippen molar-refractivity contribution in [3.8, 4) is 0 Å². The first-order chi connectivity index (χ1) is 13.9.